The Labute approximate surface area is 161 Å². The van der Waals surface area contributed by atoms with Gasteiger partial charge in [0.25, 0.3) is 5.69 Å². The van der Waals surface area contributed by atoms with Crippen LogP contribution in [0.1, 0.15) is 35.1 Å². The predicted molar refractivity (Wildman–Crippen MR) is 102 cm³/mol. The molecule has 1 aromatic carbocycles. The summed E-state index contributed by atoms with van der Waals surface area (Å²) in [6, 6.07) is 6.69. The summed E-state index contributed by atoms with van der Waals surface area (Å²) in [5, 5.41) is 16.0. The second-order valence-corrected chi connectivity index (χ2v) is 6.88. The van der Waals surface area contributed by atoms with E-state index in [1.54, 1.807) is 36.1 Å². The normalized spacial score (nSPS) is 16.9. The molecule has 0 spiro atoms. The third-order valence-corrected chi connectivity index (χ3v) is 5.09. The molecule has 0 amide bonds. The van der Waals surface area contributed by atoms with Crippen LogP contribution >= 0.6 is 0 Å². The zero-order chi connectivity index (χ0) is 19.7. The molecule has 0 N–H and O–H groups in total. The molecule has 3 aromatic rings. The Hall–Kier alpha value is -3.49. The van der Waals surface area contributed by atoms with E-state index in [1.165, 1.54) is 12.3 Å². The molecule has 4 rings (SSSR count). The largest absolute Gasteiger partial charge is 0.364 e. The van der Waals surface area contributed by atoms with E-state index in [0.29, 0.717) is 12.2 Å². The Balaban J connectivity index is 1.65. The average Bonchev–Trinajstić information content (AvgIpc) is 3.39. The number of hydrogen-bond donors (Lipinski definition) is 0. The third kappa shape index (κ3) is 3.26. The third-order valence-electron chi connectivity index (χ3n) is 5.09. The van der Waals surface area contributed by atoms with Gasteiger partial charge in [-0.1, -0.05) is 0 Å². The molecule has 1 atom stereocenters. The molecule has 1 aliphatic heterocycles. The molecule has 0 aliphatic carbocycles. The summed E-state index contributed by atoms with van der Waals surface area (Å²) in [5.74, 6) is -0.0889. The van der Waals surface area contributed by atoms with E-state index < -0.39 is 4.92 Å². The Morgan fingerprint density at radius 1 is 1.29 bits per heavy atom. The molecule has 9 heteroatoms. The highest BCUT2D eigenvalue weighted by atomic mass is 16.6. The second kappa shape index (κ2) is 7.26. The number of carbonyl (C=O) groups excluding carboxylic acids is 1. The summed E-state index contributed by atoms with van der Waals surface area (Å²) >= 11 is 0. The molecule has 3 heterocycles. The maximum absolute atomic E-state index is 12.7. The van der Waals surface area contributed by atoms with E-state index in [1.807, 2.05) is 21.8 Å². The van der Waals surface area contributed by atoms with Crippen molar-refractivity contribution in [3.05, 3.63) is 70.6 Å². The van der Waals surface area contributed by atoms with Crippen LogP contribution in [0.4, 0.5) is 11.4 Å². The molecule has 1 aliphatic rings. The van der Waals surface area contributed by atoms with Crippen molar-refractivity contribution in [2.24, 2.45) is 7.05 Å². The Bertz CT molecular complexity index is 1010. The molecular formula is C19H20N6O3. The molecule has 0 bridgehead atoms. The Kier molecular flexibility index (Phi) is 4.64. The topological polar surface area (TPSA) is 99.1 Å². The van der Waals surface area contributed by atoms with E-state index in [9.17, 15) is 14.9 Å². The van der Waals surface area contributed by atoms with Crippen LogP contribution in [0.5, 0.6) is 0 Å². The van der Waals surface area contributed by atoms with Gasteiger partial charge < -0.3 is 9.47 Å². The van der Waals surface area contributed by atoms with Crippen molar-refractivity contribution < 1.29 is 9.72 Å². The number of piperidine rings is 1. The van der Waals surface area contributed by atoms with Gasteiger partial charge in [-0.25, -0.2) is 4.98 Å². The maximum Gasteiger partial charge on any atom is 0.293 e. The van der Waals surface area contributed by atoms with Gasteiger partial charge in [0.2, 0.25) is 5.78 Å². The summed E-state index contributed by atoms with van der Waals surface area (Å²) in [5.41, 5.74) is 0.713. The fourth-order valence-corrected chi connectivity index (χ4v) is 3.68. The van der Waals surface area contributed by atoms with E-state index in [0.717, 1.165) is 19.4 Å². The van der Waals surface area contributed by atoms with Gasteiger partial charge in [-0.2, -0.15) is 5.10 Å². The molecule has 1 saturated heterocycles. The molecule has 0 radical (unpaired) electrons. The maximum atomic E-state index is 12.7. The lowest BCUT2D eigenvalue weighted by Gasteiger charge is -2.34. The van der Waals surface area contributed by atoms with Gasteiger partial charge in [0.15, 0.2) is 5.82 Å². The molecule has 1 unspecified atom stereocenters. The summed E-state index contributed by atoms with van der Waals surface area (Å²) in [6.45, 7) is 1.36. The summed E-state index contributed by atoms with van der Waals surface area (Å²) in [4.78, 5) is 30.0. The van der Waals surface area contributed by atoms with E-state index in [4.69, 9.17) is 0 Å². The number of nitro groups is 1. The number of benzene rings is 1. The first-order valence-corrected chi connectivity index (χ1v) is 9.09. The Morgan fingerprint density at radius 2 is 2.14 bits per heavy atom. The smallest absolute Gasteiger partial charge is 0.293 e. The van der Waals surface area contributed by atoms with Crippen LogP contribution in [0.15, 0.2) is 49.1 Å². The van der Waals surface area contributed by atoms with Gasteiger partial charge in [0.05, 0.1) is 11.0 Å². The number of carbonyl (C=O) groups is 1. The zero-order valence-corrected chi connectivity index (χ0v) is 15.4. The van der Waals surface area contributed by atoms with E-state index >= 15 is 0 Å². The van der Waals surface area contributed by atoms with Crippen molar-refractivity contribution in [3.8, 4) is 0 Å². The molecule has 28 heavy (non-hydrogen) atoms. The Morgan fingerprint density at radius 3 is 2.82 bits per heavy atom. The monoisotopic (exact) mass is 380 g/mol. The lowest BCUT2D eigenvalue weighted by atomic mass is 10.0. The summed E-state index contributed by atoms with van der Waals surface area (Å²) in [6.07, 6.45) is 8.73. The standard InChI is InChI=1S/C19H20N6O3/c1-22-11-8-20-19(22)18(26)14-5-6-16(17(12-14)25(27)28)23-9-2-4-15(13-23)24-10-3-7-21-24/h3,5-8,10-12,15H,2,4,9,13H2,1H3. The van der Waals surface area contributed by atoms with Crippen molar-refractivity contribution in [1.82, 2.24) is 19.3 Å². The lowest BCUT2D eigenvalue weighted by Crippen LogP contribution is -2.37. The molecule has 144 valence electrons. The van der Waals surface area contributed by atoms with Gasteiger partial charge in [0, 0.05) is 56.6 Å². The fourth-order valence-electron chi connectivity index (χ4n) is 3.68. The first-order chi connectivity index (χ1) is 13.5. The average molecular weight is 380 g/mol. The van der Waals surface area contributed by atoms with Crippen LogP contribution in [0.2, 0.25) is 0 Å². The predicted octanol–water partition coefficient (Wildman–Crippen LogP) is 2.60. The highest BCUT2D eigenvalue weighted by molar-refractivity contribution is 6.07. The number of ketones is 1. The highest BCUT2D eigenvalue weighted by Gasteiger charge is 2.28. The number of nitrogens with zero attached hydrogens (tertiary/aromatic N) is 6. The molecule has 1 fully saturated rings. The molecule has 0 saturated carbocycles. The van der Waals surface area contributed by atoms with Crippen LogP contribution < -0.4 is 4.90 Å². The van der Waals surface area contributed by atoms with Gasteiger partial charge in [-0.15, -0.1) is 0 Å². The number of aryl methyl sites for hydroxylation is 1. The van der Waals surface area contributed by atoms with Crippen molar-refractivity contribution in [1.29, 1.82) is 0 Å². The van der Waals surface area contributed by atoms with Crippen molar-refractivity contribution in [3.63, 3.8) is 0 Å². The number of aromatic nitrogens is 4. The number of anilines is 1. The van der Waals surface area contributed by atoms with Crippen LogP contribution in [0.3, 0.4) is 0 Å². The van der Waals surface area contributed by atoms with Crippen molar-refractivity contribution >= 4 is 17.2 Å². The van der Waals surface area contributed by atoms with Crippen LogP contribution in [0, 0.1) is 10.1 Å². The van der Waals surface area contributed by atoms with Gasteiger partial charge in [-0.05, 0) is 31.0 Å². The first kappa shape index (κ1) is 17.9. The van der Waals surface area contributed by atoms with E-state index in [2.05, 4.69) is 10.1 Å². The van der Waals surface area contributed by atoms with Gasteiger partial charge in [0.1, 0.15) is 5.69 Å². The van der Waals surface area contributed by atoms with Crippen LogP contribution in [0.25, 0.3) is 0 Å². The van der Waals surface area contributed by atoms with Crippen LogP contribution in [-0.2, 0) is 7.05 Å². The number of hydrogen-bond acceptors (Lipinski definition) is 6. The minimum atomic E-state index is -0.429. The minimum Gasteiger partial charge on any atom is -0.364 e. The molecule has 2 aromatic heterocycles. The second-order valence-electron chi connectivity index (χ2n) is 6.88. The summed E-state index contributed by atoms with van der Waals surface area (Å²) < 4.78 is 3.50. The van der Waals surface area contributed by atoms with Gasteiger partial charge in [-0.3, -0.25) is 19.6 Å². The molecule has 9 nitrogen and oxygen atoms in total. The van der Waals surface area contributed by atoms with Crippen molar-refractivity contribution in [2.75, 3.05) is 18.0 Å². The van der Waals surface area contributed by atoms with Crippen LogP contribution in [-0.4, -0.2) is 43.1 Å². The minimum absolute atomic E-state index is 0.0684. The quantitative estimate of drug-likeness (QED) is 0.383. The zero-order valence-electron chi connectivity index (χ0n) is 15.4. The number of rotatable bonds is 5. The fraction of sp³-hybridized carbons (Fsp3) is 0.316. The summed E-state index contributed by atoms with van der Waals surface area (Å²) in [7, 11) is 1.71. The lowest BCUT2D eigenvalue weighted by molar-refractivity contribution is -0.384. The first-order valence-electron chi connectivity index (χ1n) is 9.09. The molecular weight excluding hydrogens is 360 g/mol. The number of nitro benzene ring substituents is 1. The SMILES string of the molecule is Cn1ccnc1C(=O)c1ccc(N2CCCC(n3cccn3)C2)c([N+](=O)[O-])c1. The van der Waals surface area contributed by atoms with E-state index in [-0.39, 0.29) is 28.9 Å². The van der Waals surface area contributed by atoms with Crippen molar-refractivity contribution in [2.45, 2.75) is 18.9 Å². The highest BCUT2D eigenvalue weighted by Crippen LogP contribution is 2.34. The number of imidazole rings is 1. The van der Waals surface area contributed by atoms with Gasteiger partial charge >= 0.3 is 0 Å².